The van der Waals surface area contributed by atoms with Gasteiger partial charge in [0.25, 0.3) is 5.91 Å². The summed E-state index contributed by atoms with van der Waals surface area (Å²) in [7, 11) is 0. The fourth-order valence-corrected chi connectivity index (χ4v) is 3.21. The molecule has 128 valence electrons. The summed E-state index contributed by atoms with van der Waals surface area (Å²) in [5.74, 6) is 0.802. The van der Waals surface area contributed by atoms with Crippen molar-refractivity contribution >= 4 is 28.6 Å². The second-order valence-electron chi connectivity index (χ2n) is 6.40. The summed E-state index contributed by atoms with van der Waals surface area (Å²) in [5.41, 5.74) is 3.01. The van der Waals surface area contributed by atoms with Gasteiger partial charge in [-0.25, -0.2) is 4.98 Å². The standard InChI is InChI=1S/C19H20N4O2/c1-12-11-16-13(2)20-19(22-18(16)25-12)21-17(24)14-5-7-15(8-6-14)23-9-3-4-10-23/h5-8,11H,3-4,9-10H2,1-2H3,(H,20,21,22,24). The molecule has 1 amide bonds. The molecule has 0 radical (unpaired) electrons. The van der Waals surface area contributed by atoms with Crippen molar-refractivity contribution in [2.45, 2.75) is 26.7 Å². The summed E-state index contributed by atoms with van der Waals surface area (Å²) in [5, 5.41) is 3.62. The maximum Gasteiger partial charge on any atom is 0.258 e. The van der Waals surface area contributed by atoms with Gasteiger partial charge < -0.3 is 9.32 Å². The number of aryl methyl sites for hydroxylation is 2. The number of furan rings is 1. The third-order valence-corrected chi connectivity index (χ3v) is 4.53. The molecule has 0 aliphatic carbocycles. The predicted molar refractivity (Wildman–Crippen MR) is 97.1 cm³/mol. The van der Waals surface area contributed by atoms with E-state index in [0.29, 0.717) is 11.3 Å². The molecule has 3 aromatic rings. The number of fused-ring (bicyclic) bond motifs is 1. The molecule has 0 bridgehead atoms. The molecule has 0 atom stereocenters. The molecule has 0 saturated carbocycles. The van der Waals surface area contributed by atoms with E-state index in [0.717, 1.165) is 35.6 Å². The monoisotopic (exact) mass is 336 g/mol. The summed E-state index contributed by atoms with van der Waals surface area (Å²) in [6.07, 6.45) is 2.46. The van der Waals surface area contributed by atoms with Crippen LogP contribution in [0.4, 0.5) is 11.6 Å². The van der Waals surface area contributed by atoms with Crippen LogP contribution in [0.5, 0.6) is 0 Å². The predicted octanol–water partition coefficient (Wildman–Crippen LogP) is 3.69. The van der Waals surface area contributed by atoms with Crippen molar-refractivity contribution in [3.05, 3.63) is 47.3 Å². The lowest BCUT2D eigenvalue weighted by Crippen LogP contribution is -2.18. The van der Waals surface area contributed by atoms with Gasteiger partial charge >= 0.3 is 0 Å². The average molecular weight is 336 g/mol. The lowest BCUT2D eigenvalue weighted by atomic mass is 10.2. The second kappa shape index (κ2) is 6.20. The first-order chi connectivity index (χ1) is 12.1. The Morgan fingerprint density at radius 2 is 1.84 bits per heavy atom. The van der Waals surface area contributed by atoms with E-state index in [1.54, 1.807) is 0 Å². The number of hydrogen-bond donors (Lipinski definition) is 1. The van der Waals surface area contributed by atoms with Gasteiger partial charge in [0.05, 0.1) is 11.1 Å². The van der Waals surface area contributed by atoms with Crippen LogP contribution >= 0.6 is 0 Å². The van der Waals surface area contributed by atoms with Crippen LogP contribution in [0, 0.1) is 13.8 Å². The number of hydrogen-bond acceptors (Lipinski definition) is 5. The molecular formula is C19H20N4O2. The normalized spacial score (nSPS) is 14.2. The highest BCUT2D eigenvalue weighted by molar-refractivity contribution is 6.03. The van der Waals surface area contributed by atoms with Crippen molar-refractivity contribution in [1.82, 2.24) is 9.97 Å². The van der Waals surface area contributed by atoms with Gasteiger partial charge in [0.1, 0.15) is 5.76 Å². The molecule has 1 aromatic carbocycles. The summed E-state index contributed by atoms with van der Waals surface area (Å²) in [6, 6.07) is 9.56. The van der Waals surface area contributed by atoms with Gasteiger partial charge in [0.15, 0.2) is 0 Å². The number of carbonyl (C=O) groups excluding carboxylic acids is 1. The largest absolute Gasteiger partial charge is 0.443 e. The number of aromatic nitrogens is 2. The number of benzene rings is 1. The Bertz CT molecular complexity index is 924. The molecule has 0 unspecified atom stereocenters. The highest BCUT2D eigenvalue weighted by Crippen LogP contribution is 2.22. The molecule has 6 heteroatoms. The third kappa shape index (κ3) is 3.07. The first-order valence-electron chi connectivity index (χ1n) is 8.51. The van der Waals surface area contributed by atoms with Crippen LogP contribution in [0.2, 0.25) is 0 Å². The van der Waals surface area contributed by atoms with Crippen molar-refractivity contribution in [3.8, 4) is 0 Å². The van der Waals surface area contributed by atoms with Crippen molar-refractivity contribution in [3.63, 3.8) is 0 Å². The Morgan fingerprint density at radius 3 is 2.56 bits per heavy atom. The Labute approximate surface area is 145 Å². The maximum absolute atomic E-state index is 12.5. The van der Waals surface area contributed by atoms with Crippen molar-refractivity contribution in [2.75, 3.05) is 23.3 Å². The van der Waals surface area contributed by atoms with E-state index in [4.69, 9.17) is 4.42 Å². The molecule has 3 heterocycles. The van der Waals surface area contributed by atoms with Crippen LogP contribution in [-0.4, -0.2) is 29.0 Å². The molecule has 6 nitrogen and oxygen atoms in total. The zero-order valence-corrected chi connectivity index (χ0v) is 14.4. The minimum atomic E-state index is -0.227. The van der Waals surface area contributed by atoms with E-state index in [1.165, 1.54) is 12.8 Å². The van der Waals surface area contributed by atoms with Crippen LogP contribution < -0.4 is 10.2 Å². The van der Waals surface area contributed by atoms with Crippen LogP contribution in [-0.2, 0) is 0 Å². The smallest absolute Gasteiger partial charge is 0.258 e. The minimum Gasteiger partial charge on any atom is -0.443 e. The SMILES string of the molecule is Cc1cc2c(C)nc(NC(=O)c3ccc(N4CCCC4)cc3)nc2o1. The summed E-state index contributed by atoms with van der Waals surface area (Å²) in [4.78, 5) is 23.4. The molecular weight excluding hydrogens is 316 g/mol. The number of nitrogens with zero attached hydrogens (tertiary/aromatic N) is 3. The van der Waals surface area contributed by atoms with Gasteiger partial charge in [-0.05, 0) is 57.0 Å². The van der Waals surface area contributed by atoms with Crippen LogP contribution in [0.25, 0.3) is 11.1 Å². The van der Waals surface area contributed by atoms with Crippen LogP contribution in [0.1, 0.15) is 34.7 Å². The van der Waals surface area contributed by atoms with Crippen LogP contribution in [0.15, 0.2) is 34.7 Å². The summed E-state index contributed by atoms with van der Waals surface area (Å²) < 4.78 is 5.54. The highest BCUT2D eigenvalue weighted by Gasteiger charge is 2.15. The van der Waals surface area contributed by atoms with E-state index in [-0.39, 0.29) is 11.9 Å². The quantitative estimate of drug-likeness (QED) is 0.790. The van der Waals surface area contributed by atoms with Gasteiger partial charge in [0.2, 0.25) is 11.7 Å². The first kappa shape index (κ1) is 15.6. The molecule has 1 aliphatic rings. The number of rotatable bonds is 3. The number of anilines is 2. The van der Waals surface area contributed by atoms with E-state index in [2.05, 4.69) is 20.2 Å². The van der Waals surface area contributed by atoms with E-state index in [1.807, 2.05) is 44.2 Å². The van der Waals surface area contributed by atoms with Gasteiger partial charge in [-0.2, -0.15) is 4.98 Å². The number of carbonyl (C=O) groups is 1. The van der Waals surface area contributed by atoms with Crippen molar-refractivity contribution < 1.29 is 9.21 Å². The minimum absolute atomic E-state index is 0.227. The maximum atomic E-state index is 12.5. The fraction of sp³-hybridized carbons (Fsp3) is 0.316. The van der Waals surface area contributed by atoms with Gasteiger partial charge in [-0.3, -0.25) is 10.1 Å². The summed E-state index contributed by atoms with van der Waals surface area (Å²) in [6.45, 7) is 5.91. The highest BCUT2D eigenvalue weighted by atomic mass is 16.3. The Morgan fingerprint density at radius 1 is 1.12 bits per heavy atom. The number of amides is 1. The van der Waals surface area contributed by atoms with E-state index < -0.39 is 0 Å². The number of nitrogens with one attached hydrogen (secondary N) is 1. The molecule has 1 N–H and O–H groups in total. The van der Waals surface area contributed by atoms with E-state index in [9.17, 15) is 4.79 Å². The first-order valence-corrected chi connectivity index (χ1v) is 8.51. The zero-order valence-electron chi connectivity index (χ0n) is 14.4. The van der Waals surface area contributed by atoms with E-state index >= 15 is 0 Å². The van der Waals surface area contributed by atoms with Gasteiger partial charge in [-0.15, -0.1) is 0 Å². The average Bonchev–Trinajstić information content (AvgIpc) is 3.24. The van der Waals surface area contributed by atoms with Crippen LogP contribution in [0.3, 0.4) is 0 Å². The molecule has 25 heavy (non-hydrogen) atoms. The fourth-order valence-electron chi connectivity index (χ4n) is 3.21. The van der Waals surface area contributed by atoms with Gasteiger partial charge in [-0.1, -0.05) is 0 Å². The Balaban J connectivity index is 1.53. The zero-order chi connectivity index (χ0) is 17.4. The Hall–Kier alpha value is -2.89. The lowest BCUT2D eigenvalue weighted by molar-refractivity contribution is 0.102. The summed E-state index contributed by atoms with van der Waals surface area (Å²) >= 11 is 0. The molecule has 0 spiro atoms. The molecule has 2 aromatic heterocycles. The lowest BCUT2D eigenvalue weighted by Gasteiger charge is -2.17. The van der Waals surface area contributed by atoms with Gasteiger partial charge in [0, 0.05) is 24.3 Å². The molecule has 4 rings (SSSR count). The molecule has 1 fully saturated rings. The topological polar surface area (TPSA) is 71.3 Å². The Kier molecular flexibility index (Phi) is 3.87. The van der Waals surface area contributed by atoms with Crippen molar-refractivity contribution in [2.24, 2.45) is 0 Å². The third-order valence-electron chi connectivity index (χ3n) is 4.53. The molecule has 1 saturated heterocycles. The molecule has 1 aliphatic heterocycles. The second-order valence-corrected chi connectivity index (χ2v) is 6.40. The van der Waals surface area contributed by atoms with Crippen molar-refractivity contribution in [1.29, 1.82) is 0 Å².